The van der Waals surface area contributed by atoms with Crippen molar-refractivity contribution < 1.29 is 17.9 Å². The lowest BCUT2D eigenvalue weighted by molar-refractivity contribution is -0.118. The Kier molecular flexibility index (Phi) is 3.82. The monoisotopic (exact) mass is 370 g/mol. The van der Waals surface area contributed by atoms with Gasteiger partial charge in [0.05, 0.1) is 0 Å². The largest absolute Gasteiger partial charge is 0.443 e. The van der Waals surface area contributed by atoms with Crippen molar-refractivity contribution in [1.29, 1.82) is 0 Å². The van der Waals surface area contributed by atoms with Gasteiger partial charge in [0.2, 0.25) is 5.88 Å². The van der Waals surface area contributed by atoms with Crippen molar-refractivity contribution in [2.24, 2.45) is 0 Å². The normalized spacial score (nSPS) is 13.7. The van der Waals surface area contributed by atoms with Crippen molar-refractivity contribution in [1.82, 2.24) is 4.98 Å². The van der Waals surface area contributed by atoms with E-state index in [2.05, 4.69) is 20.9 Å². The highest BCUT2D eigenvalue weighted by molar-refractivity contribution is 9.10. The summed E-state index contributed by atoms with van der Waals surface area (Å²) in [4.78, 5) is 5.28. The number of fused-ring (bicyclic) bond motifs is 1. The van der Waals surface area contributed by atoms with Crippen molar-refractivity contribution in [3.63, 3.8) is 0 Å². The van der Waals surface area contributed by atoms with Gasteiger partial charge >= 0.3 is 6.18 Å². The van der Waals surface area contributed by atoms with Gasteiger partial charge in [-0.05, 0) is 27.6 Å². The fourth-order valence-corrected chi connectivity index (χ4v) is 2.66. The Morgan fingerprint density at radius 1 is 1.18 bits per heavy atom. The van der Waals surface area contributed by atoms with E-state index in [0.29, 0.717) is 10.2 Å². The van der Waals surface area contributed by atoms with E-state index in [1.807, 2.05) is 30.3 Å². The van der Waals surface area contributed by atoms with Crippen LogP contribution in [-0.2, 0) is 0 Å². The minimum absolute atomic E-state index is 0.137. The summed E-state index contributed by atoms with van der Waals surface area (Å²) in [6.07, 6.45) is -1.88. The lowest BCUT2D eigenvalue weighted by Gasteiger charge is -2.26. The Morgan fingerprint density at radius 3 is 2.59 bits per heavy atom. The average Bonchev–Trinajstić information content (AvgIpc) is 2.46. The number of benzene rings is 1. The lowest BCUT2D eigenvalue weighted by Crippen LogP contribution is -2.31. The summed E-state index contributed by atoms with van der Waals surface area (Å²) in [6.45, 7) is -1.10. The summed E-state index contributed by atoms with van der Waals surface area (Å²) in [7, 11) is 0. The van der Waals surface area contributed by atoms with Gasteiger partial charge in [-0.15, -0.1) is 0 Å². The molecule has 2 heterocycles. The maximum Gasteiger partial charge on any atom is 0.406 e. The molecule has 2 aromatic rings. The third kappa shape index (κ3) is 3.09. The first-order valence-electron chi connectivity index (χ1n) is 6.37. The van der Waals surface area contributed by atoms with Gasteiger partial charge in [0.1, 0.15) is 23.1 Å². The van der Waals surface area contributed by atoms with Crippen molar-refractivity contribution in [3.05, 3.63) is 53.5 Å². The second kappa shape index (κ2) is 5.64. The van der Waals surface area contributed by atoms with E-state index in [1.54, 1.807) is 6.07 Å². The molecule has 0 radical (unpaired) electrons. The maximum absolute atomic E-state index is 12.7. The Bertz CT molecular complexity index is 717. The molecule has 0 unspecified atom stereocenters. The molecule has 0 aliphatic carbocycles. The van der Waals surface area contributed by atoms with Crippen LogP contribution < -0.4 is 9.64 Å². The number of hydrogen-bond acceptors (Lipinski definition) is 3. The number of halogens is 4. The molecule has 0 atom stereocenters. The van der Waals surface area contributed by atoms with Gasteiger partial charge in [0.15, 0.2) is 0 Å². The van der Waals surface area contributed by atoms with Gasteiger partial charge in [0, 0.05) is 11.8 Å². The Hall–Kier alpha value is -2.02. The predicted octanol–water partition coefficient (Wildman–Crippen LogP) is 4.74. The molecule has 3 nitrogen and oxygen atoms in total. The Balaban J connectivity index is 2.06. The van der Waals surface area contributed by atoms with E-state index < -0.39 is 12.7 Å². The van der Waals surface area contributed by atoms with Crippen molar-refractivity contribution in [2.45, 2.75) is 6.18 Å². The maximum atomic E-state index is 12.7. The first kappa shape index (κ1) is 14.9. The topological polar surface area (TPSA) is 25.4 Å². The van der Waals surface area contributed by atoms with Crippen LogP contribution in [-0.4, -0.2) is 17.7 Å². The quantitative estimate of drug-likeness (QED) is 0.713. The van der Waals surface area contributed by atoms with E-state index in [-0.39, 0.29) is 11.6 Å². The van der Waals surface area contributed by atoms with Gasteiger partial charge in [-0.1, -0.05) is 30.3 Å². The number of ether oxygens (including phenoxy) is 1. The molecule has 1 aromatic carbocycles. The minimum atomic E-state index is -4.32. The highest BCUT2D eigenvalue weighted by atomic mass is 79.9. The number of hydrogen-bond donors (Lipinski definition) is 0. The van der Waals surface area contributed by atoms with Crippen LogP contribution in [0.4, 0.5) is 18.9 Å². The van der Waals surface area contributed by atoms with Crippen molar-refractivity contribution in [3.8, 4) is 17.0 Å². The number of aromatic nitrogens is 1. The first-order valence-corrected chi connectivity index (χ1v) is 7.16. The van der Waals surface area contributed by atoms with Crippen LogP contribution in [0.25, 0.3) is 11.1 Å². The standard InChI is InChI=1S/C15H10BrF3N2O/c16-13-11(10-4-2-1-3-5-10)8-12-14(20-13)22-7-6-21(12)9-15(17,18)19/h1-8H,9H2. The summed E-state index contributed by atoms with van der Waals surface area (Å²) in [5.74, 6) is 0.137. The molecular weight excluding hydrogens is 361 g/mol. The van der Waals surface area contributed by atoms with Crippen LogP contribution in [0.3, 0.4) is 0 Å². The zero-order chi connectivity index (χ0) is 15.7. The van der Waals surface area contributed by atoms with Gasteiger partial charge < -0.3 is 9.64 Å². The number of nitrogens with zero attached hydrogens (tertiary/aromatic N) is 2. The fraction of sp³-hybridized carbons (Fsp3) is 0.133. The Labute approximate surface area is 133 Å². The first-order chi connectivity index (χ1) is 10.4. The molecule has 0 fully saturated rings. The molecule has 0 saturated carbocycles. The average molecular weight is 371 g/mol. The molecule has 0 N–H and O–H groups in total. The highest BCUT2D eigenvalue weighted by Crippen LogP contribution is 2.39. The third-order valence-electron chi connectivity index (χ3n) is 3.09. The second-order valence-electron chi connectivity index (χ2n) is 4.66. The molecule has 0 spiro atoms. The number of alkyl halides is 3. The summed E-state index contributed by atoms with van der Waals surface area (Å²) < 4.78 is 43.8. The molecule has 1 aromatic heterocycles. The van der Waals surface area contributed by atoms with Gasteiger partial charge in [-0.25, -0.2) is 4.98 Å². The summed E-state index contributed by atoms with van der Waals surface area (Å²) in [5, 5.41) is 0. The second-order valence-corrected chi connectivity index (χ2v) is 5.41. The number of rotatable bonds is 2. The number of pyridine rings is 1. The van der Waals surface area contributed by atoms with E-state index >= 15 is 0 Å². The molecule has 0 amide bonds. The van der Waals surface area contributed by atoms with Crippen LogP contribution in [0.2, 0.25) is 0 Å². The van der Waals surface area contributed by atoms with Gasteiger partial charge in [0.25, 0.3) is 0 Å². The van der Waals surface area contributed by atoms with E-state index in [9.17, 15) is 13.2 Å². The smallest absolute Gasteiger partial charge is 0.406 e. The Morgan fingerprint density at radius 2 is 1.91 bits per heavy atom. The van der Waals surface area contributed by atoms with E-state index in [1.165, 1.54) is 12.5 Å². The predicted molar refractivity (Wildman–Crippen MR) is 80.5 cm³/mol. The summed E-state index contributed by atoms with van der Waals surface area (Å²) in [6, 6.07) is 10.9. The summed E-state index contributed by atoms with van der Waals surface area (Å²) in [5.41, 5.74) is 1.83. The molecule has 0 bridgehead atoms. The number of anilines is 1. The molecular formula is C15H10BrF3N2O. The molecule has 0 saturated heterocycles. The molecule has 114 valence electrons. The lowest BCUT2D eigenvalue weighted by atomic mass is 10.1. The molecule has 3 rings (SSSR count). The fourth-order valence-electron chi connectivity index (χ4n) is 2.16. The van der Waals surface area contributed by atoms with Gasteiger partial charge in [-0.2, -0.15) is 13.2 Å². The highest BCUT2D eigenvalue weighted by Gasteiger charge is 2.33. The molecule has 1 aliphatic rings. The van der Waals surface area contributed by atoms with E-state index in [0.717, 1.165) is 10.5 Å². The van der Waals surface area contributed by atoms with Crippen LogP contribution in [0, 0.1) is 0 Å². The third-order valence-corrected chi connectivity index (χ3v) is 3.69. The van der Waals surface area contributed by atoms with E-state index in [4.69, 9.17) is 4.74 Å². The molecule has 7 heteroatoms. The van der Waals surface area contributed by atoms with Crippen LogP contribution in [0.5, 0.6) is 5.88 Å². The zero-order valence-electron chi connectivity index (χ0n) is 11.1. The zero-order valence-corrected chi connectivity index (χ0v) is 12.7. The van der Waals surface area contributed by atoms with Crippen molar-refractivity contribution in [2.75, 3.05) is 11.4 Å². The van der Waals surface area contributed by atoms with Crippen LogP contribution >= 0.6 is 15.9 Å². The minimum Gasteiger partial charge on any atom is -0.443 e. The van der Waals surface area contributed by atoms with Crippen LogP contribution in [0.1, 0.15) is 0 Å². The van der Waals surface area contributed by atoms with Gasteiger partial charge in [-0.3, -0.25) is 0 Å². The SMILES string of the molecule is FC(F)(F)CN1C=COc2nc(Br)c(-c3ccccc3)cc21. The van der Waals surface area contributed by atoms with Crippen LogP contribution in [0.15, 0.2) is 53.5 Å². The molecule has 1 aliphatic heterocycles. The summed E-state index contributed by atoms with van der Waals surface area (Å²) >= 11 is 3.34. The van der Waals surface area contributed by atoms with Crippen molar-refractivity contribution >= 4 is 21.6 Å². The molecule has 22 heavy (non-hydrogen) atoms.